The quantitative estimate of drug-likeness (QED) is 0.539. The molecule has 0 aliphatic heterocycles. The molecule has 1 rings (SSSR count). The van der Waals surface area contributed by atoms with Crippen LogP contribution in [0.1, 0.15) is 18.9 Å². The summed E-state index contributed by atoms with van der Waals surface area (Å²) in [5, 5.41) is 3.30. The number of ether oxygens (including phenoxy) is 2. The van der Waals surface area contributed by atoms with Crippen molar-refractivity contribution in [2.45, 2.75) is 19.9 Å². The van der Waals surface area contributed by atoms with Crippen LogP contribution in [-0.2, 0) is 11.3 Å². The highest BCUT2D eigenvalue weighted by molar-refractivity contribution is 5.27. The van der Waals surface area contributed by atoms with Crippen LogP contribution < -0.4 is 10.1 Å². The van der Waals surface area contributed by atoms with Gasteiger partial charge in [-0.2, -0.15) is 0 Å². The Kier molecular flexibility index (Phi) is 7.14. The van der Waals surface area contributed by atoms with Crippen molar-refractivity contribution in [1.82, 2.24) is 5.32 Å². The Hall–Kier alpha value is -1.32. The molecule has 3 heteroatoms. The lowest BCUT2D eigenvalue weighted by Gasteiger charge is -2.08. The van der Waals surface area contributed by atoms with E-state index in [4.69, 9.17) is 9.47 Å². The maximum Gasteiger partial charge on any atom is 0.119 e. The van der Waals surface area contributed by atoms with Gasteiger partial charge in [0.1, 0.15) is 12.4 Å². The summed E-state index contributed by atoms with van der Waals surface area (Å²) in [6.45, 7) is 9.05. The molecule has 0 heterocycles. The summed E-state index contributed by atoms with van der Waals surface area (Å²) in [6, 6.07) is 8.14. The van der Waals surface area contributed by atoms with E-state index in [1.807, 2.05) is 12.1 Å². The van der Waals surface area contributed by atoms with Gasteiger partial charge in [-0.3, -0.25) is 0 Å². The fraction of sp³-hybridized carbons (Fsp3) is 0.467. The summed E-state index contributed by atoms with van der Waals surface area (Å²) < 4.78 is 10.6. The van der Waals surface area contributed by atoms with Crippen LogP contribution in [0.2, 0.25) is 0 Å². The Morgan fingerprint density at radius 1 is 1.28 bits per heavy atom. The van der Waals surface area contributed by atoms with Gasteiger partial charge in [-0.1, -0.05) is 25.6 Å². The van der Waals surface area contributed by atoms with Gasteiger partial charge in [-0.15, -0.1) is 0 Å². The van der Waals surface area contributed by atoms with Crippen molar-refractivity contribution in [2.75, 3.05) is 26.9 Å². The maximum absolute atomic E-state index is 5.62. The maximum atomic E-state index is 5.62. The van der Waals surface area contributed by atoms with E-state index in [2.05, 4.69) is 31.0 Å². The molecular formula is C15H23NO2. The summed E-state index contributed by atoms with van der Waals surface area (Å²) in [5.41, 5.74) is 2.35. The lowest BCUT2D eigenvalue weighted by atomic mass is 10.2. The van der Waals surface area contributed by atoms with Gasteiger partial charge in [-0.05, 0) is 29.7 Å². The first kappa shape index (κ1) is 14.7. The molecule has 18 heavy (non-hydrogen) atoms. The zero-order valence-corrected chi connectivity index (χ0v) is 11.4. The highest BCUT2D eigenvalue weighted by Crippen LogP contribution is 2.13. The lowest BCUT2D eigenvalue weighted by molar-refractivity contribution is 0.199. The third kappa shape index (κ3) is 5.84. The third-order valence-electron chi connectivity index (χ3n) is 2.68. The van der Waals surface area contributed by atoms with Crippen molar-refractivity contribution in [3.05, 3.63) is 42.0 Å². The van der Waals surface area contributed by atoms with E-state index in [1.165, 1.54) is 5.56 Å². The van der Waals surface area contributed by atoms with Gasteiger partial charge in [0.15, 0.2) is 0 Å². The number of nitrogens with one attached hydrogen (secondary N) is 1. The zero-order chi connectivity index (χ0) is 13.2. The standard InChI is InChI=1S/C15H23NO2/c1-4-13(2)12-18-15-7-5-14(6-8-15)11-16-9-10-17-3/h5-8,16H,2,4,9-12H2,1,3H3. The molecular weight excluding hydrogens is 226 g/mol. The van der Waals surface area contributed by atoms with Gasteiger partial charge >= 0.3 is 0 Å². The van der Waals surface area contributed by atoms with Crippen LogP contribution in [0.25, 0.3) is 0 Å². The molecule has 1 N–H and O–H groups in total. The Labute approximate surface area is 110 Å². The number of hydrogen-bond donors (Lipinski definition) is 1. The minimum Gasteiger partial charge on any atom is -0.489 e. The van der Waals surface area contributed by atoms with Crippen molar-refractivity contribution in [3.63, 3.8) is 0 Å². The highest BCUT2D eigenvalue weighted by atomic mass is 16.5. The molecule has 0 radical (unpaired) electrons. The second kappa shape index (κ2) is 8.72. The average molecular weight is 249 g/mol. The van der Waals surface area contributed by atoms with Gasteiger partial charge in [0.2, 0.25) is 0 Å². The molecule has 1 aromatic carbocycles. The Bertz CT molecular complexity index is 346. The Balaban J connectivity index is 2.31. The molecule has 0 aromatic heterocycles. The van der Waals surface area contributed by atoms with Crippen LogP contribution in [0.4, 0.5) is 0 Å². The van der Waals surface area contributed by atoms with Crippen molar-refractivity contribution >= 4 is 0 Å². The van der Waals surface area contributed by atoms with Gasteiger partial charge in [0.25, 0.3) is 0 Å². The van der Waals surface area contributed by atoms with Gasteiger partial charge < -0.3 is 14.8 Å². The second-order valence-corrected chi connectivity index (χ2v) is 4.21. The molecule has 100 valence electrons. The number of hydrogen-bond acceptors (Lipinski definition) is 3. The molecule has 0 saturated carbocycles. The van der Waals surface area contributed by atoms with Crippen molar-refractivity contribution in [2.24, 2.45) is 0 Å². The largest absolute Gasteiger partial charge is 0.489 e. The monoisotopic (exact) mass is 249 g/mol. The number of benzene rings is 1. The molecule has 0 amide bonds. The van der Waals surface area contributed by atoms with E-state index >= 15 is 0 Å². The van der Waals surface area contributed by atoms with E-state index in [9.17, 15) is 0 Å². The normalized spacial score (nSPS) is 10.3. The zero-order valence-electron chi connectivity index (χ0n) is 11.4. The summed E-state index contributed by atoms with van der Waals surface area (Å²) in [7, 11) is 1.71. The summed E-state index contributed by atoms with van der Waals surface area (Å²) in [4.78, 5) is 0. The van der Waals surface area contributed by atoms with Crippen LogP contribution in [-0.4, -0.2) is 26.9 Å². The minimum atomic E-state index is 0.599. The third-order valence-corrected chi connectivity index (χ3v) is 2.68. The Morgan fingerprint density at radius 2 is 2.00 bits per heavy atom. The van der Waals surface area contributed by atoms with E-state index < -0.39 is 0 Å². The van der Waals surface area contributed by atoms with Crippen LogP contribution in [0.15, 0.2) is 36.4 Å². The van der Waals surface area contributed by atoms with Gasteiger partial charge in [-0.25, -0.2) is 0 Å². The molecule has 0 unspecified atom stereocenters. The minimum absolute atomic E-state index is 0.599. The van der Waals surface area contributed by atoms with Crippen LogP contribution in [0, 0.1) is 0 Å². The first-order chi connectivity index (χ1) is 8.76. The molecule has 3 nitrogen and oxygen atoms in total. The summed E-state index contributed by atoms with van der Waals surface area (Å²) in [6.07, 6.45) is 0.960. The molecule has 0 aliphatic carbocycles. The number of rotatable bonds is 9. The first-order valence-electron chi connectivity index (χ1n) is 6.34. The Morgan fingerprint density at radius 3 is 2.61 bits per heavy atom. The molecule has 0 spiro atoms. The number of methoxy groups -OCH3 is 1. The first-order valence-corrected chi connectivity index (χ1v) is 6.34. The second-order valence-electron chi connectivity index (χ2n) is 4.21. The highest BCUT2D eigenvalue weighted by Gasteiger charge is 1.97. The fourth-order valence-electron chi connectivity index (χ4n) is 1.40. The predicted octanol–water partition coefficient (Wildman–Crippen LogP) is 2.77. The molecule has 0 saturated heterocycles. The van der Waals surface area contributed by atoms with Crippen molar-refractivity contribution in [3.8, 4) is 5.75 Å². The van der Waals surface area contributed by atoms with E-state index in [-0.39, 0.29) is 0 Å². The summed E-state index contributed by atoms with van der Waals surface area (Å²) >= 11 is 0. The topological polar surface area (TPSA) is 30.5 Å². The van der Waals surface area contributed by atoms with E-state index in [1.54, 1.807) is 7.11 Å². The molecule has 0 fully saturated rings. The average Bonchev–Trinajstić information content (AvgIpc) is 2.42. The predicted molar refractivity (Wildman–Crippen MR) is 75.0 cm³/mol. The molecule has 0 aliphatic rings. The SMILES string of the molecule is C=C(CC)COc1ccc(CNCCOC)cc1. The molecule has 1 aromatic rings. The van der Waals surface area contributed by atoms with Gasteiger partial charge in [0, 0.05) is 20.2 Å². The van der Waals surface area contributed by atoms with E-state index in [0.717, 1.165) is 37.4 Å². The van der Waals surface area contributed by atoms with Crippen LogP contribution >= 0.6 is 0 Å². The van der Waals surface area contributed by atoms with Gasteiger partial charge in [0.05, 0.1) is 6.61 Å². The van der Waals surface area contributed by atoms with Crippen LogP contribution in [0.3, 0.4) is 0 Å². The smallest absolute Gasteiger partial charge is 0.119 e. The summed E-state index contributed by atoms with van der Waals surface area (Å²) in [5.74, 6) is 0.894. The lowest BCUT2D eigenvalue weighted by Crippen LogP contribution is -2.18. The molecule has 0 bridgehead atoms. The molecule has 0 atom stereocenters. The van der Waals surface area contributed by atoms with Crippen molar-refractivity contribution in [1.29, 1.82) is 0 Å². The van der Waals surface area contributed by atoms with Crippen molar-refractivity contribution < 1.29 is 9.47 Å². The van der Waals surface area contributed by atoms with Crippen LogP contribution in [0.5, 0.6) is 5.75 Å². The fourth-order valence-corrected chi connectivity index (χ4v) is 1.40. The van der Waals surface area contributed by atoms with E-state index in [0.29, 0.717) is 6.61 Å².